The molecular formula is C17H16N2O7. The minimum absolute atomic E-state index is 0.0267. The van der Waals surface area contributed by atoms with E-state index < -0.39 is 30.6 Å². The Hall–Kier alpha value is -3.49. The smallest absolute Gasteiger partial charge is 0.351 e. The van der Waals surface area contributed by atoms with Crippen LogP contribution < -0.4 is 20.1 Å². The van der Waals surface area contributed by atoms with E-state index in [0.29, 0.717) is 17.3 Å². The van der Waals surface area contributed by atoms with Crippen LogP contribution in [-0.2, 0) is 20.9 Å². The van der Waals surface area contributed by atoms with Crippen molar-refractivity contribution in [2.24, 2.45) is 0 Å². The van der Waals surface area contributed by atoms with Crippen molar-refractivity contribution in [1.29, 1.82) is 0 Å². The fraction of sp³-hybridized carbons (Fsp3) is 0.235. The molecule has 0 saturated heterocycles. The number of imide groups is 1. The molecule has 0 fully saturated rings. The molecule has 0 bridgehead atoms. The van der Waals surface area contributed by atoms with E-state index in [9.17, 15) is 14.4 Å². The maximum atomic E-state index is 12.0. The fourth-order valence-electron chi connectivity index (χ4n) is 2.15. The predicted molar refractivity (Wildman–Crippen MR) is 86.4 cm³/mol. The topological polar surface area (TPSA) is 116 Å². The number of rotatable bonds is 5. The molecule has 2 aromatic rings. The summed E-state index contributed by atoms with van der Waals surface area (Å²) in [4.78, 5) is 35.2. The second kappa shape index (κ2) is 8.06. The van der Waals surface area contributed by atoms with Gasteiger partial charge in [-0.25, -0.2) is 9.59 Å². The van der Waals surface area contributed by atoms with Gasteiger partial charge in [0.25, 0.3) is 5.91 Å². The summed E-state index contributed by atoms with van der Waals surface area (Å²) >= 11 is 0. The van der Waals surface area contributed by atoms with Crippen LogP contribution in [0.25, 0.3) is 0 Å². The van der Waals surface area contributed by atoms with Crippen LogP contribution in [0, 0.1) is 0 Å². The van der Waals surface area contributed by atoms with Gasteiger partial charge in [-0.15, -0.1) is 0 Å². The van der Waals surface area contributed by atoms with Crippen molar-refractivity contribution < 1.29 is 33.0 Å². The van der Waals surface area contributed by atoms with Gasteiger partial charge in [0.2, 0.25) is 6.10 Å². The molecule has 9 nitrogen and oxygen atoms in total. The lowest BCUT2D eigenvalue weighted by atomic mass is 10.2. The zero-order valence-electron chi connectivity index (χ0n) is 13.6. The first-order chi connectivity index (χ1) is 12.6. The zero-order valence-corrected chi connectivity index (χ0v) is 13.6. The quantitative estimate of drug-likeness (QED) is 0.764. The third-order valence-corrected chi connectivity index (χ3v) is 3.37. The number of hydrogen-bond acceptors (Lipinski definition) is 7. The van der Waals surface area contributed by atoms with Gasteiger partial charge in [0.1, 0.15) is 12.4 Å². The van der Waals surface area contributed by atoms with Crippen molar-refractivity contribution in [2.45, 2.75) is 12.6 Å². The van der Waals surface area contributed by atoms with Crippen LogP contribution in [0.3, 0.4) is 0 Å². The summed E-state index contributed by atoms with van der Waals surface area (Å²) in [7, 11) is 0. The molecule has 0 spiro atoms. The van der Waals surface area contributed by atoms with Crippen LogP contribution in [0.15, 0.2) is 47.1 Å². The van der Waals surface area contributed by atoms with Gasteiger partial charge >= 0.3 is 12.0 Å². The molecule has 1 atom stereocenters. The highest BCUT2D eigenvalue weighted by Crippen LogP contribution is 2.31. The molecule has 0 radical (unpaired) electrons. The molecule has 3 rings (SSSR count). The van der Waals surface area contributed by atoms with Crippen LogP contribution in [0.5, 0.6) is 11.5 Å². The summed E-state index contributed by atoms with van der Waals surface area (Å²) in [6.45, 7) is -0.520. The van der Waals surface area contributed by atoms with Gasteiger partial charge < -0.3 is 23.9 Å². The van der Waals surface area contributed by atoms with Crippen molar-refractivity contribution in [1.82, 2.24) is 10.6 Å². The molecule has 1 aliphatic heterocycles. The molecule has 0 saturated carbocycles. The fourth-order valence-corrected chi connectivity index (χ4v) is 2.15. The number of urea groups is 1. The Labute approximate surface area is 148 Å². The lowest BCUT2D eigenvalue weighted by Crippen LogP contribution is -2.43. The number of carbonyl (C=O) groups is 3. The van der Waals surface area contributed by atoms with Crippen LogP contribution >= 0.6 is 0 Å². The molecule has 3 amide bonds. The highest BCUT2D eigenvalue weighted by atomic mass is 16.6. The Morgan fingerprint density at radius 3 is 2.69 bits per heavy atom. The summed E-state index contributed by atoms with van der Waals surface area (Å²) in [5, 5.41) is 4.46. The number of para-hydroxylation sites is 2. The van der Waals surface area contributed by atoms with E-state index in [1.54, 1.807) is 36.4 Å². The lowest BCUT2D eigenvalue weighted by molar-refractivity contribution is -0.157. The number of ether oxygens (including phenoxy) is 3. The maximum Gasteiger partial charge on any atom is 0.351 e. The molecule has 1 unspecified atom stereocenters. The third kappa shape index (κ3) is 4.53. The second-order valence-corrected chi connectivity index (χ2v) is 5.28. The first kappa shape index (κ1) is 17.3. The van der Waals surface area contributed by atoms with Gasteiger partial charge in [-0.2, -0.15) is 0 Å². The number of carbonyl (C=O) groups excluding carboxylic acids is 3. The van der Waals surface area contributed by atoms with Crippen molar-refractivity contribution in [3.8, 4) is 11.5 Å². The number of fused-ring (bicyclic) bond motifs is 1. The standard InChI is InChI=1S/C17H16N2O7/c20-15(19-17(22)18-8-11-4-3-7-23-11)10-25-16(21)14-9-24-12-5-1-2-6-13(12)26-14/h1-7,14H,8-10H2,(H2,18,19,20,22). The van der Waals surface area contributed by atoms with Gasteiger partial charge in [0.05, 0.1) is 12.8 Å². The van der Waals surface area contributed by atoms with Crippen molar-refractivity contribution in [3.05, 3.63) is 48.4 Å². The first-order valence-corrected chi connectivity index (χ1v) is 7.77. The monoisotopic (exact) mass is 360 g/mol. The molecule has 1 aliphatic rings. The van der Waals surface area contributed by atoms with Gasteiger partial charge in [-0.3, -0.25) is 10.1 Å². The highest BCUT2D eigenvalue weighted by molar-refractivity contribution is 5.95. The summed E-state index contributed by atoms with van der Waals surface area (Å²) < 4.78 is 20.8. The minimum Gasteiger partial charge on any atom is -0.485 e. The van der Waals surface area contributed by atoms with Gasteiger partial charge in [0, 0.05) is 0 Å². The SMILES string of the molecule is O=C(COC(=O)C1COc2ccccc2O1)NC(=O)NCc1ccco1. The van der Waals surface area contributed by atoms with E-state index >= 15 is 0 Å². The number of nitrogens with one attached hydrogen (secondary N) is 2. The molecule has 2 N–H and O–H groups in total. The molecular weight excluding hydrogens is 344 g/mol. The van der Waals surface area contributed by atoms with Gasteiger partial charge in [0.15, 0.2) is 18.1 Å². The summed E-state index contributed by atoms with van der Waals surface area (Å²) in [5.74, 6) is -0.0446. The largest absolute Gasteiger partial charge is 0.485 e. The molecule has 1 aromatic carbocycles. The van der Waals surface area contributed by atoms with Gasteiger partial charge in [-0.05, 0) is 24.3 Å². The summed E-state index contributed by atoms with van der Waals surface area (Å²) in [5.41, 5.74) is 0. The Bertz CT molecular complexity index is 788. The molecule has 1 aromatic heterocycles. The van der Waals surface area contributed by atoms with E-state index in [1.807, 2.05) is 5.32 Å². The Morgan fingerprint density at radius 1 is 1.12 bits per heavy atom. The summed E-state index contributed by atoms with van der Waals surface area (Å²) in [6.07, 6.45) is 0.486. The van der Waals surface area contributed by atoms with Gasteiger partial charge in [-0.1, -0.05) is 12.1 Å². The van der Waals surface area contributed by atoms with E-state index in [2.05, 4.69) is 5.32 Å². The number of amides is 3. The molecule has 0 aliphatic carbocycles. The van der Waals surface area contributed by atoms with Crippen molar-refractivity contribution >= 4 is 17.9 Å². The number of furan rings is 1. The molecule has 2 heterocycles. The van der Waals surface area contributed by atoms with E-state index in [0.717, 1.165) is 0 Å². The number of hydrogen-bond donors (Lipinski definition) is 2. The first-order valence-electron chi connectivity index (χ1n) is 7.77. The molecule has 9 heteroatoms. The van der Waals surface area contributed by atoms with E-state index in [1.165, 1.54) is 6.26 Å². The Balaban J connectivity index is 1.39. The van der Waals surface area contributed by atoms with Crippen LogP contribution in [0.1, 0.15) is 5.76 Å². The highest BCUT2D eigenvalue weighted by Gasteiger charge is 2.29. The van der Waals surface area contributed by atoms with E-state index in [-0.39, 0.29) is 13.2 Å². The van der Waals surface area contributed by atoms with Crippen molar-refractivity contribution in [3.63, 3.8) is 0 Å². The average Bonchev–Trinajstić information content (AvgIpc) is 3.17. The normalized spacial score (nSPS) is 15.0. The average molecular weight is 360 g/mol. The van der Waals surface area contributed by atoms with Crippen molar-refractivity contribution in [2.75, 3.05) is 13.2 Å². The Morgan fingerprint density at radius 2 is 1.92 bits per heavy atom. The van der Waals surface area contributed by atoms with Crippen LogP contribution in [0.2, 0.25) is 0 Å². The third-order valence-electron chi connectivity index (χ3n) is 3.37. The molecule has 136 valence electrons. The molecule has 26 heavy (non-hydrogen) atoms. The maximum absolute atomic E-state index is 12.0. The second-order valence-electron chi connectivity index (χ2n) is 5.28. The Kier molecular flexibility index (Phi) is 5.37. The zero-order chi connectivity index (χ0) is 18.4. The predicted octanol–water partition coefficient (Wildman–Crippen LogP) is 0.989. The van der Waals surface area contributed by atoms with E-state index in [4.69, 9.17) is 18.6 Å². The van der Waals surface area contributed by atoms with Crippen LogP contribution in [0.4, 0.5) is 4.79 Å². The van der Waals surface area contributed by atoms with Crippen LogP contribution in [-0.4, -0.2) is 37.2 Å². The minimum atomic E-state index is -0.981. The number of esters is 1. The summed E-state index contributed by atoms with van der Waals surface area (Å²) in [6, 6.07) is 9.51. The number of benzene rings is 1. The lowest BCUT2D eigenvalue weighted by Gasteiger charge is -2.24.